The third-order valence-electron chi connectivity index (χ3n) is 5.68. The molecular weight excluding hydrogens is 374 g/mol. The number of fused-ring (bicyclic) bond motifs is 1. The topological polar surface area (TPSA) is 56.8 Å². The monoisotopic (exact) mass is 409 g/mol. The summed E-state index contributed by atoms with van der Waals surface area (Å²) < 4.78 is 5.81. The highest BCUT2D eigenvalue weighted by atomic mass is 16.5. The van der Waals surface area contributed by atoms with E-state index in [0.29, 0.717) is 18.0 Å². The van der Waals surface area contributed by atoms with E-state index in [2.05, 4.69) is 61.0 Å². The van der Waals surface area contributed by atoms with Crippen molar-refractivity contribution in [3.63, 3.8) is 0 Å². The predicted molar refractivity (Wildman–Crippen MR) is 124 cm³/mol. The van der Waals surface area contributed by atoms with Gasteiger partial charge in [-0.25, -0.2) is 5.43 Å². The Labute approximate surface area is 180 Å². The molecule has 1 saturated heterocycles. The summed E-state index contributed by atoms with van der Waals surface area (Å²) in [6.45, 7) is 16.1. The number of rotatable bonds is 6. The van der Waals surface area contributed by atoms with Crippen molar-refractivity contribution in [1.82, 2.24) is 15.8 Å². The molecule has 0 unspecified atom stereocenters. The maximum absolute atomic E-state index is 10.00. The Bertz CT molecular complexity index is 861. The Morgan fingerprint density at radius 1 is 1.27 bits per heavy atom. The van der Waals surface area contributed by atoms with Gasteiger partial charge >= 0.3 is 0 Å². The maximum Gasteiger partial charge on any atom is 0.123 e. The fourth-order valence-electron chi connectivity index (χ4n) is 4.22. The molecule has 0 radical (unpaired) electrons. The number of hydrogen-bond acceptors (Lipinski definition) is 5. The van der Waals surface area contributed by atoms with Gasteiger partial charge in [-0.15, -0.1) is 0 Å². The van der Waals surface area contributed by atoms with Crippen molar-refractivity contribution in [2.24, 2.45) is 5.92 Å². The molecule has 30 heavy (non-hydrogen) atoms. The van der Waals surface area contributed by atoms with Crippen LogP contribution in [0.25, 0.3) is 5.57 Å². The van der Waals surface area contributed by atoms with E-state index in [9.17, 15) is 5.11 Å². The van der Waals surface area contributed by atoms with Crippen LogP contribution in [0.4, 0.5) is 0 Å². The minimum absolute atomic E-state index is 0.00575. The first-order chi connectivity index (χ1) is 14.4. The van der Waals surface area contributed by atoms with Crippen LogP contribution in [0.3, 0.4) is 0 Å². The molecule has 162 valence electrons. The number of methoxy groups -OCH3 is 1. The first-order valence-corrected chi connectivity index (χ1v) is 10.8. The molecule has 0 aromatic heterocycles. The van der Waals surface area contributed by atoms with Gasteiger partial charge in [0.25, 0.3) is 0 Å². The number of benzene rings is 1. The van der Waals surface area contributed by atoms with Crippen LogP contribution < -0.4 is 15.6 Å². The van der Waals surface area contributed by atoms with Crippen LogP contribution in [0.5, 0.6) is 5.75 Å². The second kappa shape index (κ2) is 10.0. The molecule has 3 rings (SSSR count). The standard InChI is InChI=1S/C25H35N3O2/c1-17(2)10-20-11-18(3)24(19(4)29)15-27-26-14-21-12-22(16-28-8-6-7-9-28)25(30-5)13-23(20)21/h11-13,15,17,26-27,29H,3-4,6-10,14,16H2,1-2,5H3/b20-11+,24-15+. The first kappa shape index (κ1) is 22.2. The molecule has 1 fully saturated rings. The fraction of sp³-hybridized carbons (Fsp3) is 0.440. The van der Waals surface area contributed by atoms with Gasteiger partial charge in [-0.3, -0.25) is 4.90 Å². The Morgan fingerprint density at radius 2 is 2.00 bits per heavy atom. The van der Waals surface area contributed by atoms with Gasteiger partial charge in [-0.1, -0.05) is 33.1 Å². The van der Waals surface area contributed by atoms with Crippen molar-refractivity contribution in [2.45, 2.75) is 46.2 Å². The Balaban J connectivity index is 2.07. The first-order valence-electron chi connectivity index (χ1n) is 10.8. The Morgan fingerprint density at radius 3 is 2.63 bits per heavy atom. The molecule has 1 aromatic carbocycles. The van der Waals surface area contributed by atoms with E-state index >= 15 is 0 Å². The smallest absolute Gasteiger partial charge is 0.123 e. The van der Waals surface area contributed by atoms with E-state index in [-0.39, 0.29) is 5.76 Å². The van der Waals surface area contributed by atoms with Crippen LogP contribution in [0.1, 0.15) is 49.8 Å². The minimum Gasteiger partial charge on any atom is -0.508 e. The molecular formula is C25H35N3O2. The number of nitrogens with zero attached hydrogens (tertiary/aromatic N) is 1. The van der Waals surface area contributed by atoms with Crippen LogP contribution in [-0.2, 0) is 13.1 Å². The molecule has 0 amide bonds. The van der Waals surface area contributed by atoms with Gasteiger partial charge in [0.15, 0.2) is 0 Å². The second-order valence-electron chi connectivity index (χ2n) is 8.60. The summed E-state index contributed by atoms with van der Waals surface area (Å²) in [5.41, 5.74) is 12.4. The Hall–Kier alpha value is -2.50. The zero-order chi connectivity index (χ0) is 21.7. The molecule has 0 aliphatic carbocycles. The van der Waals surface area contributed by atoms with Crippen molar-refractivity contribution < 1.29 is 9.84 Å². The molecule has 0 spiro atoms. The zero-order valence-corrected chi connectivity index (χ0v) is 18.6. The summed E-state index contributed by atoms with van der Waals surface area (Å²) in [6, 6.07) is 4.44. The lowest BCUT2D eigenvalue weighted by atomic mass is 9.88. The van der Waals surface area contributed by atoms with Gasteiger partial charge in [0.2, 0.25) is 0 Å². The predicted octanol–water partition coefficient (Wildman–Crippen LogP) is 4.84. The molecule has 2 aliphatic rings. The maximum atomic E-state index is 10.00. The van der Waals surface area contributed by atoms with E-state index in [4.69, 9.17) is 4.74 Å². The van der Waals surface area contributed by atoms with Crippen LogP contribution in [0.15, 0.2) is 54.5 Å². The second-order valence-corrected chi connectivity index (χ2v) is 8.60. The molecule has 0 saturated carbocycles. The molecule has 3 N–H and O–H groups in total. The quantitative estimate of drug-likeness (QED) is 0.587. The lowest BCUT2D eigenvalue weighted by molar-refractivity contribution is 0.320. The van der Waals surface area contributed by atoms with E-state index in [0.717, 1.165) is 42.9 Å². The lowest BCUT2D eigenvalue weighted by Gasteiger charge is -2.23. The minimum atomic E-state index is -0.00575. The SMILES string of the molecule is C=C(O)/C1=C/NNCc2cc(CN3CCCC3)c(OC)cc2/C(CC(C)C)=C/C1=C. The van der Waals surface area contributed by atoms with Gasteiger partial charge in [0.05, 0.1) is 7.11 Å². The van der Waals surface area contributed by atoms with Crippen molar-refractivity contribution in [3.05, 3.63) is 71.2 Å². The number of hydrazine groups is 1. The fourth-order valence-corrected chi connectivity index (χ4v) is 4.22. The number of aliphatic hydroxyl groups excluding tert-OH is 1. The number of likely N-dealkylation sites (tertiary alicyclic amines) is 1. The number of aliphatic hydroxyl groups is 1. The molecule has 1 aromatic rings. The normalized spacial score (nSPS) is 21.3. The largest absolute Gasteiger partial charge is 0.508 e. The molecule has 0 atom stereocenters. The molecule has 2 heterocycles. The summed E-state index contributed by atoms with van der Waals surface area (Å²) in [5.74, 6) is 1.40. The van der Waals surface area contributed by atoms with Gasteiger partial charge in [-0.2, -0.15) is 0 Å². The van der Waals surface area contributed by atoms with Gasteiger partial charge in [-0.05, 0) is 72.7 Å². The highest BCUT2D eigenvalue weighted by Crippen LogP contribution is 2.34. The average Bonchev–Trinajstić information content (AvgIpc) is 3.19. The summed E-state index contributed by atoms with van der Waals surface area (Å²) in [4.78, 5) is 2.49. The third-order valence-corrected chi connectivity index (χ3v) is 5.68. The van der Waals surface area contributed by atoms with Crippen molar-refractivity contribution in [3.8, 4) is 5.75 Å². The Kier molecular flexibility index (Phi) is 7.40. The van der Waals surface area contributed by atoms with Crippen LogP contribution >= 0.6 is 0 Å². The molecule has 2 aliphatic heterocycles. The van der Waals surface area contributed by atoms with Gasteiger partial charge in [0.1, 0.15) is 11.5 Å². The number of ether oxygens (including phenoxy) is 1. The van der Waals surface area contributed by atoms with Crippen LogP contribution in [0.2, 0.25) is 0 Å². The van der Waals surface area contributed by atoms with Gasteiger partial charge < -0.3 is 15.3 Å². The number of allylic oxidation sites excluding steroid dienone is 3. The van der Waals surface area contributed by atoms with E-state index < -0.39 is 0 Å². The summed E-state index contributed by atoms with van der Waals surface area (Å²) in [7, 11) is 1.75. The summed E-state index contributed by atoms with van der Waals surface area (Å²) in [6.07, 6.45) is 7.23. The zero-order valence-electron chi connectivity index (χ0n) is 18.6. The summed E-state index contributed by atoms with van der Waals surface area (Å²) in [5, 5.41) is 10.00. The highest BCUT2D eigenvalue weighted by Gasteiger charge is 2.19. The van der Waals surface area contributed by atoms with E-state index in [1.165, 1.54) is 29.5 Å². The van der Waals surface area contributed by atoms with Gasteiger partial charge in [0, 0.05) is 30.4 Å². The third kappa shape index (κ3) is 5.35. The lowest BCUT2D eigenvalue weighted by Crippen LogP contribution is -2.28. The summed E-state index contributed by atoms with van der Waals surface area (Å²) >= 11 is 0. The van der Waals surface area contributed by atoms with Crippen molar-refractivity contribution in [1.29, 1.82) is 0 Å². The number of nitrogens with one attached hydrogen (secondary N) is 2. The highest BCUT2D eigenvalue weighted by molar-refractivity contribution is 5.74. The molecule has 5 heteroatoms. The molecule has 0 bridgehead atoms. The van der Waals surface area contributed by atoms with Crippen LogP contribution in [0, 0.1) is 5.92 Å². The number of hydrogen-bond donors (Lipinski definition) is 3. The van der Waals surface area contributed by atoms with E-state index in [1.807, 2.05) is 0 Å². The molecule has 5 nitrogen and oxygen atoms in total. The average molecular weight is 410 g/mol. The van der Waals surface area contributed by atoms with E-state index in [1.54, 1.807) is 13.3 Å². The van der Waals surface area contributed by atoms with Crippen LogP contribution in [-0.4, -0.2) is 30.2 Å². The van der Waals surface area contributed by atoms with Crippen molar-refractivity contribution in [2.75, 3.05) is 20.2 Å². The van der Waals surface area contributed by atoms with Crippen molar-refractivity contribution >= 4 is 5.57 Å².